The second-order valence-corrected chi connectivity index (χ2v) is 2.67. The molecule has 1 rings (SSSR count). The molecule has 0 aliphatic carbocycles. The Morgan fingerprint density at radius 2 is 2.08 bits per heavy atom. The van der Waals surface area contributed by atoms with Crippen LogP contribution in [0.15, 0.2) is 16.9 Å². The van der Waals surface area contributed by atoms with Gasteiger partial charge in [0.25, 0.3) is 0 Å². The Kier molecular flexibility index (Phi) is 2.91. The van der Waals surface area contributed by atoms with Gasteiger partial charge in [-0.2, -0.15) is 8.78 Å². The molecule has 0 saturated heterocycles. The molecule has 6 heteroatoms. The third-order valence-electron chi connectivity index (χ3n) is 1.02. The van der Waals surface area contributed by atoms with Crippen LogP contribution in [0.25, 0.3) is 0 Å². The van der Waals surface area contributed by atoms with Gasteiger partial charge in [-0.1, -0.05) is 0 Å². The van der Waals surface area contributed by atoms with Gasteiger partial charge in [-0.25, -0.2) is 4.39 Å². The second kappa shape index (κ2) is 3.75. The largest absolute Gasteiger partial charge is 0.430 e. The van der Waals surface area contributed by atoms with Crippen LogP contribution < -0.4 is 4.74 Å². The van der Waals surface area contributed by atoms with Gasteiger partial charge in [0.2, 0.25) is 0 Å². The van der Waals surface area contributed by atoms with Crippen molar-refractivity contribution in [3.8, 4) is 5.75 Å². The quantitative estimate of drug-likeness (QED) is 0.795. The van der Waals surface area contributed by atoms with E-state index in [0.717, 1.165) is 6.20 Å². The van der Waals surface area contributed by atoms with Crippen molar-refractivity contribution in [2.24, 2.45) is 0 Å². The van der Waals surface area contributed by atoms with Gasteiger partial charge in [0.1, 0.15) is 0 Å². The first kappa shape index (κ1) is 9.31. The fourth-order valence-electron chi connectivity index (χ4n) is 0.601. The van der Waals surface area contributed by atoms with Gasteiger partial charge in [-0.15, -0.1) is 0 Å². The van der Waals surface area contributed by atoms with E-state index in [0.29, 0.717) is 0 Å². The number of ether oxygens (including phenoxy) is 1. The van der Waals surface area contributed by atoms with E-state index in [4.69, 9.17) is 0 Å². The molecule has 0 aliphatic rings. The number of nitrogens with zero attached hydrogens (tertiary/aromatic N) is 1. The van der Waals surface area contributed by atoms with Crippen molar-refractivity contribution in [2.45, 2.75) is 6.61 Å². The molecule has 0 fully saturated rings. The first-order valence-corrected chi connectivity index (χ1v) is 3.64. The molecule has 0 bridgehead atoms. The fraction of sp³-hybridized carbons (Fsp3) is 0.167. The zero-order chi connectivity index (χ0) is 9.14. The summed E-state index contributed by atoms with van der Waals surface area (Å²) >= 11 is 2.81. The summed E-state index contributed by atoms with van der Waals surface area (Å²) < 4.78 is 39.9. The minimum atomic E-state index is -3.04. The molecule has 0 spiro atoms. The molecular weight excluding hydrogens is 239 g/mol. The zero-order valence-electron chi connectivity index (χ0n) is 5.60. The average Bonchev–Trinajstić information content (AvgIpc) is 1.97. The molecule has 1 aromatic heterocycles. The van der Waals surface area contributed by atoms with Crippen LogP contribution in [-0.4, -0.2) is 11.6 Å². The molecule has 0 N–H and O–H groups in total. The molecule has 2 nitrogen and oxygen atoms in total. The topological polar surface area (TPSA) is 22.1 Å². The summed E-state index contributed by atoms with van der Waals surface area (Å²) in [7, 11) is 0. The molecule has 66 valence electrons. The SMILES string of the molecule is Fc1cncc(Br)c1OC(F)F. The standard InChI is InChI=1S/C6H3BrF3NO/c7-3-1-11-2-4(8)5(3)12-6(9)10/h1-2,6H. The van der Waals surface area contributed by atoms with Crippen molar-refractivity contribution in [2.75, 3.05) is 0 Å². The first-order chi connectivity index (χ1) is 5.61. The smallest absolute Gasteiger partial charge is 0.387 e. The molecular formula is C6H3BrF3NO. The van der Waals surface area contributed by atoms with E-state index >= 15 is 0 Å². The van der Waals surface area contributed by atoms with E-state index in [2.05, 4.69) is 25.7 Å². The van der Waals surface area contributed by atoms with Gasteiger partial charge < -0.3 is 4.74 Å². The number of hydrogen-bond acceptors (Lipinski definition) is 2. The Labute approximate surface area is 74.5 Å². The molecule has 0 atom stereocenters. The maximum absolute atomic E-state index is 12.7. The molecule has 1 heterocycles. The lowest BCUT2D eigenvalue weighted by Crippen LogP contribution is -2.04. The van der Waals surface area contributed by atoms with Crippen LogP contribution in [0, 0.1) is 5.82 Å². The normalized spacial score (nSPS) is 10.4. The molecule has 0 amide bonds. The number of pyridine rings is 1. The van der Waals surface area contributed by atoms with E-state index in [-0.39, 0.29) is 4.47 Å². The number of aromatic nitrogens is 1. The molecule has 0 radical (unpaired) electrons. The highest BCUT2D eigenvalue weighted by atomic mass is 79.9. The van der Waals surface area contributed by atoms with Gasteiger partial charge in [0, 0.05) is 6.20 Å². The van der Waals surface area contributed by atoms with Crippen LogP contribution in [0.2, 0.25) is 0 Å². The Morgan fingerprint density at radius 3 is 2.58 bits per heavy atom. The molecule has 0 aromatic carbocycles. The van der Waals surface area contributed by atoms with Crippen molar-refractivity contribution in [1.29, 1.82) is 0 Å². The molecule has 12 heavy (non-hydrogen) atoms. The van der Waals surface area contributed by atoms with Crippen LogP contribution in [0.4, 0.5) is 13.2 Å². The summed E-state index contributed by atoms with van der Waals surface area (Å²) in [5.74, 6) is -1.45. The number of halogens is 4. The van der Waals surface area contributed by atoms with Gasteiger partial charge in [0.05, 0.1) is 10.7 Å². The summed E-state index contributed by atoms with van der Waals surface area (Å²) in [6.45, 7) is -3.04. The predicted octanol–water partition coefficient (Wildman–Crippen LogP) is 2.58. The number of rotatable bonds is 2. The summed E-state index contributed by atoms with van der Waals surface area (Å²) in [4.78, 5) is 3.40. The Morgan fingerprint density at radius 1 is 1.42 bits per heavy atom. The summed E-state index contributed by atoms with van der Waals surface area (Å²) in [6, 6.07) is 0. The average molecular weight is 242 g/mol. The Bertz CT molecular complexity index is 261. The fourth-order valence-corrected chi connectivity index (χ4v) is 1.00. The van der Waals surface area contributed by atoms with Gasteiger partial charge in [-0.05, 0) is 15.9 Å². The lowest BCUT2D eigenvalue weighted by Gasteiger charge is -2.05. The molecule has 1 aromatic rings. The molecule has 0 saturated carbocycles. The second-order valence-electron chi connectivity index (χ2n) is 1.81. The minimum absolute atomic E-state index is 0.0581. The molecule has 0 unspecified atom stereocenters. The number of hydrogen-bond donors (Lipinski definition) is 0. The lowest BCUT2D eigenvalue weighted by atomic mass is 10.4. The maximum Gasteiger partial charge on any atom is 0.387 e. The van der Waals surface area contributed by atoms with Crippen molar-refractivity contribution in [1.82, 2.24) is 4.98 Å². The van der Waals surface area contributed by atoms with Crippen LogP contribution in [0.3, 0.4) is 0 Å². The van der Waals surface area contributed by atoms with Crippen molar-refractivity contribution in [3.63, 3.8) is 0 Å². The van der Waals surface area contributed by atoms with E-state index in [1.807, 2.05) is 0 Å². The third kappa shape index (κ3) is 2.10. The van der Waals surface area contributed by atoms with Crippen LogP contribution in [0.5, 0.6) is 5.75 Å². The summed E-state index contributed by atoms with van der Waals surface area (Å²) in [5, 5.41) is 0. The van der Waals surface area contributed by atoms with Gasteiger partial charge in [0.15, 0.2) is 11.6 Å². The first-order valence-electron chi connectivity index (χ1n) is 2.85. The molecule has 0 aliphatic heterocycles. The number of alkyl halides is 2. The van der Waals surface area contributed by atoms with Crippen molar-refractivity contribution >= 4 is 15.9 Å². The Hall–Kier alpha value is -0.780. The summed E-state index contributed by atoms with van der Waals surface area (Å²) in [5.41, 5.74) is 0. The van der Waals surface area contributed by atoms with E-state index in [9.17, 15) is 13.2 Å². The highest BCUT2D eigenvalue weighted by molar-refractivity contribution is 9.10. The van der Waals surface area contributed by atoms with E-state index < -0.39 is 18.2 Å². The van der Waals surface area contributed by atoms with Gasteiger partial charge in [-0.3, -0.25) is 4.98 Å². The lowest BCUT2D eigenvalue weighted by molar-refractivity contribution is -0.0528. The highest BCUT2D eigenvalue weighted by Crippen LogP contribution is 2.27. The monoisotopic (exact) mass is 241 g/mol. The van der Waals surface area contributed by atoms with Gasteiger partial charge >= 0.3 is 6.61 Å². The highest BCUT2D eigenvalue weighted by Gasteiger charge is 2.13. The van der Waals surface area contributed by atoms with Crippen molar-refractivity contribution < 1.29 is 17.9 Å². The maximum atomic E-state index is 12.7. The van der Waals surface area contributed by atoms with E-state index in [1.165, 1.54) is 6.20 Å². The van der Waals surface area contributed by atoms with E-state index in [1.54, 1.807) is 0 Å². The summed E-state index contributed by atoms with van der Waals surface area (Å²) in [6.07, 6.45) is 1.96. The third-order valence-corrected chi connectivity index (χ3v) is 1.58. The predicted molar refractivity (Wildman–Crippen MR) is 38.5 cm³/mol. The Balaban J connectivity index is 2.96. The van der Waals surface area contributed by atoms with Crippen LogP contribution in [0.1, 0.15) is 0 Å². The van der Waals surface area contributed by atoms with Crippen LogP contribution in [-0.2, 0) is 0 Å². The zero-order valence-corrected chi connectivity index (χ0v) is 7.19. The minimum Gasteiger partial charge on any atom is -0.430 e. The van der Waals surface area contributed by atoms with Crippen LogP contribution >= 0.6 is 15.9 Å². The van der Waals surface area contributed by atoms with Crippen molar-refractivity contribution in [3.05, 3.63) is 22.7 Å².